The van der Waals surface area contributed by atoms with Gasteiger partial charge >= 0.3 is 0 Å². The van der Waals surface area contributed by atoms with Gasteiger partial charge in [0.1, 0.15) is 5.75 Å². The Morgan fingerprint density at radius 3 is 2.63 bits per heavy atom. The van der Waals surface area contributed by atoms with Crippen LogP contribution in [-0.4, -0.2) is 14.2 Å². The van der Waals surface area contributed by atoms with Gasteiger partial charge in [0.05, 0.1) is 10.9 Å². The van der Waals surface area contributed by atoms with Crippen molar-refractivity contribution in [3.05, 3.63) is 49.0 Å². The molecule has 2 nitrogen and oxygen atoms in total. The van der Waals surface area contributed by atoms with E-state index in [1.165, 1.54) is 14.2 Å². The van der Waals surface area contributed by atoms with E-state index in [0.29, 0.717) is 0 Å². The maximum absolute atomic E-state index is 5.48. The van der Waals surface area contributed by atoms with Gasteiger partial charge in [-0.05, 0) is 47.2 Å². The number of thiophene rings is 1. The smallest absolute Gasteiger partial charge is 0.124 e. The molecule has 0 aliphatic carbocycles. The second-order valence-electron chi connectivity index (χ2n) is 4.14. The minimum atomic E-state index is 0.244. The summed E-state index contributed by atoms with van der Waals surface area (Å²) in [5.41, 5.74) is 1.18. The molecule has 0 aliphatic rings. The zero-order chi connectivity index (χ0) is 13.8. The van der Waals surface area contributed by atoms with Crippen molar-refractivity contribution in [1.82, 2.24) is 5.32 Å². The summed E-state index contributed by atoms with van der Waals surface area (Å²) in [4.78, 5) is 1.34. The predicted molar refractivity (Wildman–Crippen MR) is 88.2 cm³/mol. The summed E-state index contributed by atoms with van der Waals surface area (Å²) in [5.74, 6) is 0.907. The minimum Gasteiger partial charge on any atom is -0.496 e. The summed E-state index contributed by atoms with van der Waals surface area (Å²) < 4.78 is 7.67. The first kappa shape index (κ1) is 15.0. The molecule has 0 radical (unpaired) electrons. The molecule has 0 fully saturated rings. The number of benzene rings is 1. The molecule has 2 aromatic rings. The number of methoxy groups -OCH3 is 1. The van der Waals surface area contributed by atoms with Crippen LogP contribution in [-0.2, 0) is 6.42 Å². The maximum atomic E-state index is 5.48. The normalized spacial score (nSPS) is 12.4. The lowest BCUT2D eigenvalue weighted by Gasteiger charge is -2.19. The van der Waals surface area contributed by atoms with Crippen LogP contribution in [0.1, 0.15) is 16.5 Å². The molecular weight excluding hydrogens is 390 g/mol. The average Bonchev–Trinajstić information content (AvgIpc) is 2.81. The van der Waals surface area contributed by atoms with Gasteiger partial charge in [-0.2, -0.15) is 0 Å². The third-order valence-corrected chi connectivity index (χ3v) is 5.09. The number of nitrogens with one attached hydrogen (secondary N) is 1. The van der Waals surface area contributed by atoms with Gasteiger partial charge in [-0.1, -0.05) is 22.0 Å². The summed E-state index contributed by atoms with van der Waals surface area (Å²) in [6, 6.07) is 10.6. The first-order chi connectivity index (χ1) is 9.13. The molecule has 19 heavy (non-hydrogen) atoms. The van der Waals surface area contributed by atoms with E-state index in [0.717, 1.165) is 16.6 Å². The van der Waals surface area contributed by atoms with E-state index in [1.54, 1.807) is 18.4 Å². The fraction of sp³-hybridized carbons (Fsp3) is 0.286. The number of halogens is 2. The zero-order valence-corrected chi connectivity index (χ0v) is 14.7. The monoisotopic (exact) mass is 403 g/mol. The summed E-state index contributed by atoms with van der Waals surface area (Å²) in [6.45, 7) is 0. The van der Waals surface area contributed by atoms with E-state index in [2.05, 4.69) is 55.4 Å². The molecular formula is C14H15Br2NOS. The fourth-order valence-electron chi connectivity index (χ4n) is 2.00. The van der Waals surface area contributed by atoms with Crippen LogP contribution in [0.25, 0.3) is 0 Å². The molecule has 102 valence electrons. The Hall–Kier alpha value is -0.360. The highest BCUT2D eigenvalue weighted by Gasteiger charge is 2.16. The van der Waals surface area contributed by atoms with Crippen LogP contribution in [0.5, 0.6) is 5.75 Å². The van der Waals surface area contributed by atoms with Crippen LogP contribution in [0, 0.1) is 0 Å². The molecule has 5 heteroatoms. The number of hydrogen-bond donors (Lipinski definition) is 1. The largest absolute Gasteiger partial charge is 0.496 e. The number of hydrogen-bond acceptors (Lipinski definition) is 3. The van der Waals surface area contributed by atoms with Gasteiger partial charge in [0.2, 0.25) is 0 Å². The standard InChI is InChI=1S/C14H15Br2NOS/c1-17-12(8-10-4-6-14(16)19-10)11-5-3-9(15)7-13(11)18-2/h3-7,12,17H,8H2,1-2H3. The molecule has 0 amide bonds. The summed E-state index contributed by atoms with van der Waals surface area (Å²) >= 11 is 8.75. The highest BCUT2D eigenvalue weighted by Crippen LogP contribution is 2.32. The topological polar surface area (TPSA) is 21.3 Å². The van der Waals surface area contributed by atoms with Gasteiger partial charge < -0.3 is 10.1 Å². The van der Waals surface area contributed by atoms with Gasteiger partial charge in [0, 0.05) is 27.4 Å². The van der Waals surface area contributed by atoms with Crippen LogP contribution < -0.4 is 10.1 Å². The third-order valence-electron chi connectivity index (χ3n) is 2.95. The molecule has 0 saturated heterocycles. The molecule has 1 unspecified atom stereocenters. The van der Waals surface area contributed by atoms with Crippen molar-refractivity contribution in [2.24, 2.45) is 0 Å². The Morgan fingerprint density at radius 1 is 1.26 bits per heavy atom. The fourth-order valence-corrected chi connectivity index (χ4v) is 3.87. The van der Waals surface area contributed by atoms with Crippen LogP contribution in [0.4, 0.5) is 0 Å². The van der Waals surface area contributed by atoms with Crippen LogP contribution in [0.15, 0.2) is 38.6 Å². The molecule has 0 aliphatic heterocycles. The van der Waals surface area contributed by atoms with Gasteiger partial charge in [-0.25, -0.2) is 0 Å². The van der Waals surface area contributed by atoms with E-state index in [9.17, 15) is 0 Å². The van der Waals surface area contributed by atoms with Crippen LogP contribution >= 0.6 is 43.2 Å². The van der Waals surface area contributed by atoms with Crippen molar-refractivity contribution in [2.75, 3.05) is 14.2 Å². The minimum absolute atomic E-state index is 0.244. The highest BCUT2D eigenvalue weighted by atomic mass is 79.9. The lowest BCUT2D eigenvalue weighted by Crippen LogP contribution is -2.19. The SMILES string of the molecule is CNC(Cc1ccc(Br)s1)c1ccc(Br)cc1OC. The lowest BCUT2D eigenvalue weighted by molar-refractivity contribution is 0.401. The van der Waals surface area contributed by atoms with Gasteiger partial charge in [0.15, 0.2) is 0 Å². The van der Waals surface area contributed by atoms with Gasteiger partial charge in [-0.3, -0.25) is 0 Å². The highest BCUT2D eigenvalue weighted by molar-refractivity contribution is 9.11. The molecule has 0 bridgehead atoms. The summed E-state index contributed by atoms with van der Waals surface area (Å²) in [7, 11) is 3.69. The van der Waals surface area contributed by atoms with Crippen LogP contribution in [0.3, 0.4) is 0 Å². The van der Waals surface area contributed by atoms with Gasteiger partial charge in [0.25, 0.3) is 0 Å². The first-order valence-electron chi connectivity index (χ1n) is 5.89. The van der Waals surface area contributed by atoms with E-state index < -0.39 is 0 Å². The Kier molecular flexibility index (Phi) is 5.45. The lowest BCUT2D eigenvalue weighted by atomic mass is 10.0. The Balaban J connectivity index is 2.26. The van der Waals surface area contributed by atoms with E-state index in [1.807, 2.05) is 19.2 Å². The second kappa shape index (κ2) is 6.88. The van der Waals surface area contributed by atoms with Gasteiger partial charge in [-0.15, -0.1) is 11.3 Å². The molecule has 1 aromatic heterocycles. The molecule has 1 N–H and O–H groups in total. The van der Waals surface area contributed by atoms with Crippen molar-refractivity contribution in [3.8, 4) is 5.75 Å². The Morgan fingerprint density at radius 2 is 2.05 bits per heavy atom. The first-order valence-corrected chi connectivity index (χ1v) is 8.29. The average molecular weight is 405 g/mol. The van der Waals surface area contributed by atoms with Crippen LogP contribution in [0.2, 0.25) is 0 Å². The van der Waals surface area contributed by atoms with Crippen molar-refractivity contribution in [2.45, 2.75) is 12.5 Å². The maximum Gasteiger partial charge on any atom is 0.124 e. The van der Waals surface area contributed by atoms with Crippen molar-refractivity contribution in [3.63, 3.8) is 0 Å². The molecule has 0 spiro atoms. The van der Waals surface area contributed by atoms with E-state index >= 15 is 0 Å². The number of rotatable bonds is 5. The molecule has 1 aromatic carbocycles. The Bertz CT molecular complexity index is 556. The van der Waals surface area contributed by atoms with Crippen molar-refractivity contribution >= 4 is 43.2 Å². The number of likely N-dealkylation sites (N-methyl/N-ethyl adjacent to an activating group) is 1. The molecule has 2 rings (SSSR count). The predicted octanol–water partition coefficient (Wildman–Crippen LogP) is 4.78. The number of ether oxygens (including phenoxy) is 1. The third kappa shape index (κ3) is 3.81. The Labute approximate surface area is 134 Å². The molecule has 0 saturated carbocycles. The van der Waals surface area contributed by atoms with Crippen molar-refractivity contribution in [1.29, 1.82) is 0 Å². The van der Waals surface area contributed by atoms with E-state index in [4.69, 9.17) is 4.74 Å². The quantitative estimate of drug-likeness (QED) is 0.773. The second-order valence-corrected chi connectivity index (χ2v) is 7.60. The molecule has 1 atom stereocenters. The van der Waals surface area contributed by atoms with E-state index in [-0.39, 0.29) is 6.04 Å². The molecule has 1 heterocycles. The summed E-state index contributed by atoms with van der Waals surface area (Å²) in [6.07, 6.45) is 0.949. The van der Waals surface area contributed by atoms with Crippen molar-refractivity contribution < 1.29 is 4.74 Å². The zero-order valence-electron chi connectivity index (χ0n) is 10.7. The summed E-state index contributed by atoms with van der Waals surface area (Å²) in [5, 5.41) is 3.37.